The summed E-state index contributed by atoms with van der Waals surface area (Å²) in [4.78, 5) is 29.5. The number of carboxylic acid groups (broad SMARTS) is 1. The molecule has 1 aliphatic rings. The fourth-order valence-corrected chi connectivity index (χ4v) is 4.39. The van der Waals surface area contributed by atoms with Crippen molar-refractivity contribution in [2.45, 2.75) is 37.9 Å². The summed E-state index contributed by atoms with van der Waals surface area (Å²) in [5.41, 5.74) is 1.10. The maximum atomic E-state index is 12.5. The Bertz CT molecular complexity index is 852. The summed E-state index contributed by atoms with van der Waals surface area (Å²) < 4.78 is 12.2. The molecule has 160 valence electrons. The SMILES string of the molecule is O=C(O)COC1(c2ccncc2Br)CCCN(C(=O)OCc2ccccc2)CCC1. The Hall–Kier alpha value is -2.45. The van der Waals surface area contributed by atoms with Crippen LogP contribution in [0.25, 0.3) is 0 Å². The molecule has 0 bridgehead atoms. The highest BCUT2D eigenvalue weighted by atomic mass is 79.9. The van der Waals surface area contributed by atoms with Crippen molar-refractivity contribution in [3.8, 4) is 0 Å². The van der Waals surface area contributed by atoms with Crippen molar-refractivity contribution >= 4 is 28.0 Å². The molecule has 1 aromatic carbocycles. The molecule has 1 fully saturated rings. The van der Waals surface area contributed by atoms with Gasteiger partial charge in [0.1, 0.15) is 13.2 Å². The summed E-state index contributed by atoms with van der Waals surface area (Å²) >= 11 is 3.52. The van der Waals surface area contributed by atoms with E-state index in [9.17, 15) is 9.59 Å². The molecule has 1 saturated heterocycles. The summed E-state index contributed by atoms with van der Waals surface area (Å²) in [6.45, 7) is 0.909. The fraction of sp³-hybridized carbons (Fsp3) is 0.409. The number of halogens is 1. The second kappa shape index (κ2) is 10.5. The number of carbonyl (C=O) groups is 2. The van der Waals surface area contributed by atoms with E-state index in [4.69, 9.17) is 14.6 Å². The zero-order valence-electron chi connectivity index (χ0n) is 16.6. The molecule has 1 N–H and O–H groups in total. The predicted molar refractivity (Wildman–Crippen MR) is 114 cm³/mol. The molecule has 0 atom stereocenters. The van der Waals surface area contributed by atoms with Crippen molar-refractivity contribution in [2.24, 2.45) is 0 Å². The maximum Gasteiger partial charge on any atom is 0.410 e. The molecule has 7 nitrogen and oxygen atoms in total. The number of pyridine rings is 1. The van der Waals surface area contributed by atoms with Crippen LogP contribution in [-0.2, 0) is 26.5 Å². The van der Waals surface area contributed by atoms with Crippen molar-refractivity contribution in [1.29, 1.82) is 0 Å². The second-order valence-electron chi connectivity index (χ2n) is 7.27. The van der Waals surface area contributed by atoms with E-state index in [2.05, 4.69) is 20.9 Å². The van der Waals surface area contributed by atoms with E-state index in [-0.39, 0.29) is 19.3 Å². The number of nitrogens with zero attached hydrogens (tertiary/aromatic N) is 2. The molecular formula is C22H25BrN2O5. The Balaban J connectivity index is 1.65. The molecule has 0 aliphatic carbocycles. The van der Waals surface area contributed by atoms with Crippen LogP contribution < -0.4 is 0 Å². The second-order valence-corrected chi connectivity index (χ2v) is 8.12. The number of likely N-dealkylation sites (tertiary alicyclic amines) is 1. The van der Waals surface area contributed by atoms with Crippen LogP contribution in [0.3, 0.4) is 0 Å². The summed E-state index contributed by atoms with van der Waals surface area (Å²) in [6.07, 6.45) is 5.54. The standard InChI is InChI=1S/C22H25BrN2O5/c23-19-14-24-11-8-18(19)22(30-16-20(26)27)9-4-12-25(13-5-10-22)21(28)29-15-17-6-2-1-3-7-17/h1-3,6-8,11,14H,4-5,9-10,12-13,15-16H2,(H,26,27). The minimum atomic E-state index is -1.01. The van der Waals surface area contributed by atoms with Gasteiger partial charge in [0, 0.05) is 35.5 Å². The van der Waals surface area contributed by atoms with E-state index in [0.717, 1.165) is 15.6 Å². The van der Waals surface area contributed by atoms with Gasteiger partial charge in [0.05, 0.1) is 5.60 Å². The molecule has 0 saturated carbocycles. The molecule has 2 heterocycles. The van der Waals surface area contributed by atoms with E-state index < -0.39 is 11.6 Å². The molecule has 30 heavy (non-hydrogen) atoms. The lowest BCUT2D eigenvalue weighted by Gasteiger charge is -2.38. The van der Waals surface area contributed by atoms with Crippen molar-refractivity contribution in [3.63, 3.8) is 0 Å². The smallest absolute Gasteiger partial charge is 0.410 e. The van der Waals surface area contributed by atoms with Crippen LogP contribution in [-0.4, -0.2) is 46.7 Å². The predicted octanol–water partition coefficient (Wildman–Crippen LogP) is 4.35. The number of rotatable bonds is 6. The first-order valence-electron chi connectivity index (χ1n) is 9.91. The third kappa shape index (κ3) is 5.79. The van der Waals surface area contributed by atoms with Gasteiger partial charge in [-0.3, -0.25) is 4.98 Å². The van der Waals surface area contributed by atoms with Gasteiger partial charge in [-0.25, -0.2) is 9.59 Å². The third-order valence-corrected chi connectivity index (χ3v) is 5.85. The Labute approximate surface area is 184 Å². The number of carbonyl (C=O) groups excluding carboxylic acids is 1. The highest BCUT2D eigenvalue weighted by Crippen LogP contribution is 2.40. The first-order chi connectivity index (χ1) is 14.5. The lowest BCUT2D eigenvalue weighted by molar-refractivity contribution is -0.152. The fourth-order valence-electron chi connectivity index (χ4n) is 3.78. The van der Waals surface area contributed by atoms with Gasteiger partial charge in [0.15, 0.2) is 0 Å². The van der Waals surface area contributed by atoms with Gasteiger partial charge in [0.25, 0.3) is 0 Å². The lowest BCUT2D eigenvalue weighted by Crippen LogP contribution is -2.40. The molecule has 1 amide bonds. The van der Waals surface area contributed by atoms with E-state index in [1.165, 1.54) is 0 Å². The summed E-state index contributed by atoms with van der Waals surface area (Å²) in [5.74, 6) is -1.01. The largest absolute Gasteiger partial charge is 0.480 e. The van der Waals surface area contributed by atoms with Crippen molar-refractivity contribution in [2.75, 3.05) is 19.7 Å². The maximum absolute atomic E-state index is 12.5. The van der Waals surface area contributed by atoms with Gasteiger partial charge in [-0.15, -0.1) is 0 Å². The van der Waals surface area contributed by atoms with Crippen LogP contribution in [0.1, 0.15) is 36.8 Å². The van der Waals surface area contributed by atoms with Gasteiger partial charge < -0.3 is 19.5 Å². The van der Waals surface area contributed by atoms with Gasteiger partial charge in [-0.2, -0.15) is 0 Å². The van der Waals surface area contributed by atoms with Crippen LogP contribution >= 0.6 is 15.9 Å². The minimum absolute atomic E-state index is 0.242. The Morgan fingerprint density at radius 3 is 2.47 bits per heavy atom. The molecule has 0 spiro atoms. The minimum Gasteiger partial charge on any atom is -0.480 e. The summed E-state index contributed by atoms with van der Waals surface area (Å²) in [7, 11) is 0. The number of aliphatic carboxylic acids is 1. The van der Waals surface area contributed by atoms with Crippen molar-refractivity contribution in [1.82, 2.24) is 9.88 Å². The molecular weight excluding hydrogens is 452 g/mol. The average Bonchev–Trinajstić information content (AvgIpc) is 2.73. The van der Waals surface area contributed by atoms with Crippen LogP contribution in [0.2, 0.25) is 0 Å². The number of hydrogen-bond acceptors (Lipinski definition) is 5. The molecule has 1 aliphatic heterocycles. The van der Waals surface area contributed by atoms with Gasteiger partial charge in [-0.05, 0) is 53.2 Å². The van der Waals surface area contributed by atoms with Gasteiger partial charge in [-0.1, -0.05) is 30.3 Å². The van der Waals surface area contributed by atoms with E-state index in [1.54, 1.807) is 17.3 Å². The zero-order valence-corrected chi connectivity index (χ0v) is 18.2. The van der Waals surface area contributed by atoms with Gasteiger partial charge >= 0.3 is 12.1 Å². The number of aromatic nitrogens is 1. The molecule has 1 aromatic heterocycles. The molecule has 2 aromatic rings. The molecule has 3 rings (SSSR count). The van der Waals surface area contributed by atoms with E-state index in [1.807, 2.05) is 36.4 Å². The average molecular weight is 477 g/mol. The van der Waals surface area contributed by atoms with E-state index >= 15 is 0 Å². The van der Waals surface area contributed by atoms with Crippen LogP contribution in [0.4, 0.5) is 4.79 Å². The Morgan fingerprint density at radius 1 is 1.13 bits per heavy atom. The van der Waals surface area contributed by atoms with E-state index in [0.29, 0.717) is 38.8 Å². The lowest BCUT2D eigenvalue weighted by atomic mass is 9.84. The normalized spacial score (nSPS) is 16.4. The van der Waals surface area contributed by atoms with Crippen LogP contribution in [0, 0.1) is 0 Å². The summed E-state index contributed by atoms with van der Waals surface area (Å²) in [6, 6.07) is 11.4. The Kier molecular flexibility index (Phi) is 7.81. The van der Waals surface area contributed by atoms with Crippen molar-refractivity contribution in [3.05, 3.63) is 64.4 Å². The van der Waals surface area contributed by atoms with Crippen LogP contribution in [0.5, 0.6) is 0 Å². The first kappa shape index (κ1) is 22.2. The van der Waals surface area contributed by atoms with Gasteiger partial charge in [0.2, 0.25) is 0 Å². The molecule has 8 heteroatoms. The van der Waals surface area contributed by atoms with Crippen LogP contribution in [0.15, 0.2) is 53.3 Å². The van der Waals surface area contributed by atoms with Crippen molar-refractivity contribution < 1.29 is 24.2 Å². The highest BCUT2D eigenvalue weighted by Gasteiger charge is 2.37. The highest BCUT2D eigenvalue weighted by molar-refractivity contribution is 9.10. The number of amides is 1. The molecule has 0 radical (unpaired) electrons. The summed E-state index contributed by atoms with van der Waals surface area (Å²) in [5, 5.41) is 9.15. The Morgan fingerprint density at radius 2 is 1.83 bits per heavy atom. The zero-order chi connectivity index (χ0) is 21.4. The quantitative estimate of drug-likeness (QED) is 0.666. The third-order valence-electron chi connectivity index (χ3n) is 5.22. The topological polar surface area (TPSA) is 89.0 Å². The monoisotopic (exact) mass is 476 g/mol. The number of hydrogen-bond donors (Lipinski definition) is 1. The molecule has 0 unspecified atom stereocenters. The first-order valence-corrected chi connectivity index (χ1v) is 10.7. The number of carboxylic acids is 1. The number of benzene rings is 1. The number of ether oxygens (including phenoxy) is 2.